The molecule has 2 rings (SSSR count). The molecule has 0 amide bonds. The largest absolute Gasteiger partial charge is 0.417 e. The highest BCUT2D eigenvalue weighted by molar-refractivity contribution is 6.42. The molecule has 0 bridgehead atoms. The van der Waals surface area contributed by atoms with Crippen LogP contribution in [0.1, 0.15) is 11.4 Å². The highest BCUT2D eigenvalue weighted by atomic mass is 35.5. The fourth-order valence-electron chi connectivity index (χ4n) is 1.49. The normalized spacial score (nSPS) is 10.0. The number of benzene rings is 1. The Labute approximate surface area is 128 Å². The first-order valence-electron chi connectivity index (χ1n) is 5.48. The Morgan fingerprint density at radius 2 is 1.95 bits per heavy atom. The van der Waals surface area contributed by atoms with Gasteiger partial charge in [-0.1, -0.05) is 23.2 Å². The quantitative estimate of drug-likeness (QED) is 0.630. The molecule has 1 aromatic carbocycles. The highest BCUT2D eigenvalue weighted by Crippen LogP contribution is 2.37. The molecule has 0 fully saturated rings. The summed E-state index contributed by atoms with van der Waals surface area (Å²) in [6.45, 7) is 1.64. The van der Waals surface area contributed by atoms with Crippen LogP contribution >= 0.6 is 23.2 Å². The van der Waals surface area contributed by atoms with Crippen LogP contribution in [-0.4, -0.2) is 14.9 Å². The smallest absolute Gasteiger partial charge is 0.323 e. The summed E-state index contributed by atoms with van der Waals surface area (Å²) >= 11 is 11.6. The maximum absolute atomic E-state index is 11.0. The highest BCUT2D eigenvalue weighted by Gasteiger charge is 2.20. The van der Waals surface area contributed by atoms with Gasteiger partial charge in [-0.15, -0.1) is 0 Å². The summed E-state index contributed by atoms with van der Waals surface area (Å²) in [4.78, 5) is 18.1. The van der Waals surface area contributed by atoms with Gasteiger partial charge in [0.15, 0.2) is 0 Å². The number of aryl methyl sites for hydroxylation is 1. The molecule has 0 saturated carbocycles. The number of ether oxygens (including phenoxy) is 1. The molecule has 106 valence electrons. The number of nitrogens with zero attached hydrogens (tertiary/aromatic N) is 4. The molecule has 0 spiro atoms. The SMILES string of the molecule is Cc1cc(C#N)nc(Oc2cc(Cl)c(Cl)cc2[N+](=O)[O-])n1. The molecule has 0 aliphatic heterocycles. The van der Waals surface area contributed by atoms with E-state index < -0.39 is 4.92 Å². The molecular weight excluding hydrogens is 319 g/mol. The van der Waals surface area contributed by atoms with Gasteiger partial charge in [-0.2, -0.15) is 10.2 Å². The van der Waals surface area contributed by atoms with E-state index in [1.807, 2.05) is 6.07 Å². The lowest BCUT2D eigenvalue weighted by atomic mass is 10.3. The third-order valence-corrected chi connectivity index (χ3v) is 3.07. The minimum Gasteiger partial charge on any atom is -0.417 e. The van der Waals surface area contributed by atoms with Crippen LogP contribution in [0.15, 0.2) is 18.2 Å². The molecule has 0 N–H and O–H groups in total. The first kappa shape index (κ1) is 15.0. The predicted molar refractivity (Wildman–Crippen MR) is 74.7 cm³/mol. The molecule has 0 aliphatic carbocycles. The van der Waals surface area contributed by atoms with Gasteiger partial charge in [-0.05, 0) is 13.0 Å². The van der Waals surface area contributed by atoms with Crippen molar-refractivity contribution in [2.45, 2.75) is 6.92 Å². The van der Waals surface area contributed by atoms with E-state index >= 15 is 0 Å². The molecule has 21 heavy (non-hydrogen) atoms. The van der Waals surface area contributed by atoms with E-state index in [1.54, 1.807) is 6.92 Å². The molecule has 7 nitrogen and oxygen atoms in total. The van der Waals surface area contributed by atoms with Gasteiger partial charge < -0.3 is 4.74 Å². The second-order valence-corrected chi connectivity index (χ2v) is 4.70. The molecule has 0 saturated heterocycles. The standard InChI is InChI=1S/C12H6Cl2N4O3/c1-6-2-7(5-15)17-12(16-6)21-11-4-9(14)8(13)3-10(11)18(19)20/h2-4H,1H3. The van der Waals surface area contributed by atoms with Crippen molar-refractivity contribution in [1.82, 2.24) is 9.97 Å². The van der Waals surface area contributed by atoms with Gasteiger partial charge in [-0.3, -0.25) is 10.1 Å². The number of rotatable bonds is 3. The third-order valence-electron chi connectivity index (χ3n) is 2.35. The minimum absolute atomic E-state index is 0.0265. The Hall–Kier alpha value is -2.43. The van der Waals surface area contributed by atoms with Crippen LogP contribution in [0.25, 0.3) is 0 Å². The topological polar surface area (TPSA) is 102 Å². The summed E-state index contributed by atoms with van der Waals surface area (Å²) < 4.78 is 5.27. The molecule has 1 heterocycles. The van der Waals surface area contributed by atoms with E-state index in [9.17, 15) is 10.1 Å². The summed E-state index contributed by atoms with van der Waals surface area (Å²) in [5.74, 6) is -0.163. The van der Waals surface area contributed by atoms with Crippen molar-refractivity contribution in [2.24, 2.45) is 0 Å². The van der Waals surface area contributed by atoms with Gasteiger partial charge in [0, 0.05) is 17.8 Å². The Balaban J connectivity index is 2.49. The van der Waals surface area contributed by atoms with Crippen molar-refractivity contribution in [3.8, 4) is 17.8 Å². The fourth-order valence-corrected chi connectivity index (χ4v) is 1.80. The Bertz CT molecular complexity index is 774. The van der Waals surface area contributed by atoms with Crippen molar-refractivity contribution < 1.29 is 9.66 Å². The zero-order valence-corrected chi connectivity index (χ0v) is 12.0. The molecule has 0 unspecified atom stereocenters. The van der Waals surface area contributed by atoms with Crippen molar-refractivity contribution in [3.05, 3.63) is 49.7 Å². The average molecular weight is 325 g/mol. The molecule has 0 atom stereocenters. The number of hydrogen-bond donors (Lipinski definition) is 0. The monoisotopic (exact) mass is 324 g/mol. The van der Waals surface area contributed by atoms with Crippen LogP contribution in [0.3, 0.4) is 0 Å². The number of nitro benzene ring substituents is 1. The number of nitro groups is 1. The van der Waals surface area contributed by atoms with Gasteiger partial charge in [-0.25, -0.2) is 4.98 Å². The summed E-state index contributed by atoms with van der Waals surface area (Å²) in [7, 11) is 0. The summed E-state index contributed by atoms with van der Waals surface area (Å²) in [5, 5.41) is 19.9. The Morgan fingerprint density at radius 1 is 1.29 bits per heavy atom. The maximum Gasteiger partial charge on any atom is 0.323 e. The van der Waals surface area contributed by atoms with E-state index in [0.29, 0.717) is 5.69 Å². The van der Waals surface area contributed by atoms with Crippen molar-refractivity contribution in [3.63, 3.8) is 0 Å². The van der Waals surface area contributed by atoms with Gasteiger partial charge in [0.1, 0.15) is 11.8 Å². The Kier molecular flexibility index (Phi) is 4.21. The van der Waals surface area contributed by atoms with E-state index in [0.717, 1.165) is 6.07 Å². The van der Waals surface area contributed by atoms with Crippen LogP contribution in [0.5, 0.6) is 11.8 Å². The number of halogens is 2. The zero-order valence-electron chi connectivity index (χ0n) is 10.5. The average Bonchev–Trinajstić information content (AvgIpc) is 2.41. The second kappa shape index (κ2) is 5.91. The van der Waals surface area contributed by atoms with Crippen LogP contribution in [0.2, 0.25) is 10.0 Å². The van der Waals surface area contributed by atoms with Crippen molar-refractivity contribution >= 4 is 28.9 Å². The lowest BCUT2D eigenvalue weighted by molar-refractivity contribution is -0.385. The van der Waals surface area contributed by atoms with E-state index in [4.69, 9.17) is 33.2 Å². The van der Waals surface area contributed by atoms with Gasteiger partial charge in [0.05, 0.1) is 15.0 Å². The molecule has 0 radical (unpaired) electrons. The molecule has 0 aliphatic rings. The zero-order chi connectivity index (χ0) is 15.6. The predicted octanol–water partition coefficient (Wildman–Crippen LogP) is 3.66. The summed E-state index contributed by atoms with van der Waals surface area (Å²) in [5.41, 5.74) is 0.187. The van der Waals surface area contributed by atoms with E-state index in [1.165, 1.54) is 12.1 Å². The van der Waals surface area contributed by atoms with Crippen LogP contribution in [-0.2, 0) is 0 Å². The summed E-state index contributed by atoms with van der Waals surface area (Å²) in [6, 6.07) is 5.37. The molecular formula is C12H6Cl2N4O3. The van der Waals surface area contributed by atoms with Crippen LogP contribution < -0.4 is 4.74 Å². The van der Waals surface area contributed by atoms with E-state index in [-0.39, 0.29) is 33.2 Å². The van der Waals surface area contributed by atoms with Crippen LogP contribution in [0, 0.1) is 28.4 Å². The van der Waals surface area contributed by atoms with Gasteiger partial charge in [0.2, 0.25) is 5.75 Å². The minimum atomic E-state index is -0.668. The number of nitriles is 1. The number of hydrogen-bond acceptors (Lipinski definition) is 6. The van der Waals surface area contributed by atoms with Crippen LogP contribution in [0.4, 0.5) is 5.69 Å². The van der Waals surface area contributed by atoms with Crippen molar-refractivity contribution in [2.75, 3.05) is 0 Å². The maximum atomic E-state index is 11.0. The van der Waals surface area contributed by atoms with Crippen molar-refractivity contribution in [1.29, 1.82) is 5.26 Å². The lowest BCUT2D eigenvalue weighted by Gasteiger charge is -2.06. The fraction of sp³-hybridized carbons (Fsp3) is 0.0833. The molecule has 9 heteroatoms. The second-order valence-electron chi connectivity index (χ2n) is 3.88. The number of aromatic nitrogens is 2. The first-order chi connectivity index (χ1) is 9.90. The Morgan fingerprint density at radius 3 is 2.57 bits per heavy atom. The first-order valence-corrected chi connectivity index (χ1v) is 6.23. The molecule has 2 aromatic rings. The summed E-state index contributed by atoms with van der Waals surface area (Å²) in [6.07, 6.45) is 0. The molecule has 1 aromatic heterocycles. The van der Waals surface area contributed by atoms with Gasteiger partial charge in [0.25, 0.3) is 0 Å². The third kappa shape index (κ3) is 3.37. The lowest BCUT2D eigenvalue weighted by Crippen LogP contribution is -1.99. The van der Waals surface area contributed by atoms with Gasteiger partial charge >= 0.3 is 11.7 Å². The van der Waals surface area contributed by atoms with E-state index in [2.05, 4.69) is 9.97 Å².